The van der Waals surface area contributed by atoms with E-state index >= 15 is 0 Å². The van der Waals surface area contributed by atoms with Crippen molar-refractivity contribution >= 4 is 11.2 Å². The second-order valence-electron chi connectivity index (χ2n) is 5.42. The highest BCUT2D eigenvalue weighted by atomic mass is 16.2. The Kier molecular flexibility index (Phi) is 3.32. The molecule has 25 heavy (non-hydrogen) atoms. The van der Waals surface area contributed by atoms with Crippen LogP contribution >= 0.6 is 0 Å². The molecule has 0 amide bonds. The van der Waals surface area contributed by atoms with E-state index < -0.39 is 11.2 Å². The zero-order valence-corrected chi connectivity index (χ0v) is 12.9. The number of rotatable bonds is 3. The van der Waals surface area contributed by atoms with Gasteiger partial charge in [-0.1, -0.05) is 36.8 Å². The normalized spacial score (nSPS) is 10.8. The molecular weight excluding hydrogens is 320 g/mol. The molecule has 0 aliphatic heterocycles. The topological polar surface area (TPSA) is 101 Å². The van der Waals surface area contributed by atoms with E-state index in [9.17, 15) is 9.59 Å². The lowest BCUT2D eigenvalue weighted by atomic mass is 10.2. The van der Waals surface area contributed by atoms with Crippen LogP contribution in [0.2, 0.25) is 0 Å². The number of imidazole rings is 1. The highest BCUT2D eigenvalue weighted by Crippen LogP contribution is 2.17. The Hall–Kier alpha value is -3.86. The molecule has 8 heteroatoms. The van der Waals surface area contributed by atoms with E-state index in [1.807, 2.05) is 42.6 Å². The third-order valence-corrected chi connectivity index (χ3v) is 3.77. The van der Waals surface area contributed by atoms with Gasteiger partial charge in [-0.3, -0.25) is 14.5 Å². The number of terminal acetylenes is 1. The molecule has 2 N–H and O–H groups in total. The number of hydrogen-bond acceptors (Lipinski definition) is 4. The highest BCUT2D eigenvalue weighted by Gasteiger charge is 2.13. The first-order chi connectivity index (χ1) is 12.2. The zero-order chi connectivity index (χ0) is 17.4. The molecule has 0 aliphatic carbocycles. The van der Waals surface area contributed by atoms with Crippen LogP contribution in [0.4, 0.5) is 0 Å². The van der Waals surface area contributed by atoms with Gasteiger partial charge in [-0.25, -0.2) is 9.78 Å². The summed E-state index contributed by atoms with van der Waals surface area (Å²) in [5.74, 6) is 0.428. The van der Waals surface area contributed by atoms with Crippen LogP contribution in [0.5, 0.6) is 0 Å². The Balaban J connectivity index is 1.74. The fourth-order valence-corrected chi connectivity index (χ4v) is 2.58. The Morgan fingerprint density at radius 3 is 2.72 bits per heavy atom. The van der Waals surface area contributed by atoms with Gasteiger partial charge in [0.15, 0.2) is 11.2 Å². The zero-order valence-electron chi connectivity index (χ0n) is 12.9. The molecule has 0 aliphatic rings. The second-order valence-corrected chi connectivity index (χ2v) is 5.42. The summed E-state index contributed by atoms with van der Waals surface area (Å²) in [4.78, 5) is 33.5. The van der Waals surface area contributed by atoms with Gasteiger partial charge in [0.1, 0.15) is 5.82 Å². The maximum atomic E-state index is 12.2. The van der Waals surface area contributed by atoms with Gasteiger partial charge in [0.2, 0.25) is 0 Å². The monoisotopic (exact) mass is 332 g/mol. The predicted molar refractivity (Wildman–Crippen MR) is 92.0 cm³/mol. The lowest BCUT2D eigenvalue weighted by Crippen LogP contribution is -2.32. The van der Waals surface area contributed by atoms with Crippen LogP contribution in [0.25, 0.3) is 22.6 Å². The molecule has 122 valence electrons. The van der Waals surface area contributed by atoms with Crippen LogP contribution < -0.4 is 11.2 Å². The van der Waals surface area contributed by atoms with Crippen LogP contribution in [-0.4, -0.2) is 29.3 Å². The largest absolute Gasteiger partial charge is 0.342 e. The van der Waals surface area contributed by atoms with Gasteiger partial charge in [0.05, 0.1) is 18.3 Å². The van der Waals surface area contributed by atoms with Crippen LogP contribution in [0.3, 0.4) is 0 Å². The van der Waals surface area contributed by atoms with Gasteiger partial charge in [0.25, 0.3) is 5.56 Å². The van der Waals surface area contributed by atoms with Crippen LogP contribution in [-0.2, 0) is 6.54 Å². The molecule has 4 rings (SSSR count). The van der Waals surface area contributed by atoms with Crippen molar-refractivity contribution in [1.29, 1.82) is 0 Å². The Morgan fingerprint density at radius 1 is 1.16 bits per heavy atom. The first-order valence-electron chi connectivity index (χ1n) is 7.44. The van der Waals surface area contributed by atoms with Crippen molar-refractivity contribution in [3.8, 4) is 23.9 Å². The van der Waals surface area contributed by atoms with Crippen molar-refractivity contribution < 1.29 is 0 Å². The van der Waals surface area contributed by atoms with Gasteiger partial charge in [-0.05, 0) is 5.56 Å². The molecule has 0 fully saturated rings. The Labute approximate surface area is 140 Å². The average molecular weight is 332 g/mol. The van der Waals surface area contributed by atoms with Gasteiger partial charge in [-0.2, -0.15) is 9.67 Å². The number of nitrogens with one attached hydrogen (secondary N) is 2. The summed E-state index contributed by atoms with van der Waals surface area (Å²) >= 11 is 0. The van der Waals surface area contributed by atoms with Gasteiger partial charge in [-0.15, -0.1) is 0 Å². The highest BCUT2D eigenvalue weighted by molar-refractivity contribution is 5.74. The quantitative estimate of drug-likeness (QED) is 0.541. The molecule has 8 nitrogen and oxygen atoms in total. The van der Waals surface area contributed by atoms with Gasteiger partial charge >= 0.3 is 5.69 Å². The van der Waals surface area contributed by atoms with Crippen molar-refractivity contribution in [3.05, 3.63) is 69.1 Å². The number of nitrogens with zero attached hydrogens (tertiary/aromatic N) is 4. The number of benzene rings is 1. The van der Waals surface area contributed by atoms with Gasteiger partial charge in [0, 0.05) is 12.2 Å². The molecule has 0 unspecified atom stereocenters. The molecule has 0 spiro atoms. The lowest BCUT2D eigenvalue weighted by Gasteiger charge is -2.00. The van der Waals surface area contributed by atoms with Gasteiger partial charge < -0.3 is 4.98 Å². The van der Waals surface area contributed by atoms with Crippen LogP contribution in [0.1, 0.15) is 5.56 Å². The smallest absolute Gasteiger partial charge is 0.332 e. The van der Waals surface area contributed by atoms with E-state index in [4.69, 9.17) is 6.42 Å². The fraction of sp³-hybridized carbons (Fsp3) is 0.0588. The lowest BCUT2D eigenvalue weighted by molar-refractivity contribution is 0.687. The van der Waals surface area contributed by atoms with Crippen molar-refractivity contribution in [2.75, 3.05) is 0 Å². The van der Waals surface area contributed by atoms with E-state index in [2.05, 4.69) is 20.1 Å². The summed E-state index contributed by atoms with van der Waals surface area (Å²) in [6, 6.07) is 11.9. The summed E-state index contributed by atoms with van der Waals surface area (Å²) in [7, 11) is 0. The van der Waals surface area contributed by atoms with E-state index in [1.54, 1.807) is 10.9 Å². The number of fused-ring (bicyclic) bond motifs is 1. The van der Waals surface area contributed by atoms with Crippen molar-refractivity contribution in [2.45, 2.75) is 6.54 Å². The second kappa shape index (κ2) is 5.65. The minimum atomic E-state index is -0.696. The minimum absolute atomic E-state index is 0.142. The molecule has 0 radical (unpaired) electrons. The fourth-order valence-electron chi connectivity index (χ4n) is 2.58. The third kappa shape index (κ3) is 2.53. The molecule has 0 bridgehead atoms. The number of H-pyrrole nitrogens is 2. The molecular formula is C17H12N6O2. The van der Waals surface area contributed by atoms with Crippen molar-refractivity contribution in [3.63, 3.8) is 0 Å². The summed E-state index contributed by atoms with van der Waals surface area (Å²) in [6.45, 7) is 0.613. The maximum absolute atomic E-state index is 12.2. The van der Waals surface area contributed by atoms with Crippen molar-refractivity contribution in [2.24, 2.45) is 0 Å². The molecule has 0 saturated carbocycles. The number of hydrogen-bond donors (Lipinski definition) is 2. The minimum Gasteiger partial charge on any atom is -0.332 e. The van der Waals surface area contributed by atoms with Crippen LogP contribution in [0, 0.1) is 12.5 Å². The van der Waals surface area contributed by atoms with Crippen molar-refractivity contribution in [1.82, 2.24) is 29.3 Å². The SMILES string of the molecule is C#Cn1c(=O)[nH]c2nc(-c3cnn(Cc4ccccc4)c3)[nH]c2c1=O. The molecule has 3 aromatic heterocycles. The summed E-state index contributed by atoms with van der Waals surface area (Å²) in [5, 5.41) is 4.30. The Bertz CT molecular complexity index is 1220. The summed E-state index contributed by atoms with van der Waals surface area (Å²) < 4.78 is 2.42. The molecule has 3 heterocycles. The first-order valence-corrected chi connectivity index (χ1v) is 7.44. The summed E-state index contributed by atoms with van der Waals surface area (Å²) in [5.41, 5.74) is 0.799. The molecule has 0 atom stereocenters. The first kappa shape index (κ1) is 14.7. The maximum Gasteiger partial charge on any atom is 0.342 e. The number of aromatic nitrogens is 6. The predicted octanol–water partition coefficient (Wildman–Crippen LogP) is 0.763. The van der Waals surface area contributed by atoms with E-state index in [0.29, 0.717) is 22.5 Å². The van der Waals surface area contributed by atoms with Crippen LogP contribution in [0.15, 0.2) is 52.3 Å². The van der Waals surface area contributed by atoms with E-state index in [1.165, 1.54) is 0 Å². The van der Waals surface area contributed by atoms with E-state index in [-0.39, 0.29) is 11.2 Å². The Morgan fingerprint density at radius 2 is 1.96 bits per heavy atom. The molecule has 4 aromatic rings. The summed E-state index contributed by atoms with van der Waals surface area (Å²) in [6.07, 6.45) is 8.63. The standard InChI is InChI=1S/C17H12N6O2/c1-2-23-16(24)13-15(21-17(23)25)20-14(19-13)12-8-18-22(10-12)9-11-6-4-3-5-7-11/h1,3-8,10H,9H2,(H,19,20)(H,21,25). The third-order valence-electron chi connectivity index (χ3n) is 3.77. The number of aromatic amines is 2. The van der Waals surface area contributed by atoms with E-state index in [0.717, 1.165) is 5.56 Å². The molecule has 0 saturated heterocycles. The average Bonchev–Trinajstić information content (AvgIpc) is 3.23. The molecule has 1 aromatic carbocycles.